The van der Waals surface area contributed by atoms with Crippen LogP contribution in [0.3, 0.4) is 0 Å². The zero-order valence-corrected chi connectivity index (χ0v) is 17.1. The smallest absolute Gasteiger partial charge is 0.169 e. The van der Waals surface area contributed by atoms with E-state index in [9.17, 15) is 0 Å². The Morgan fingerprint density at radius 3 is 2.56 bits per heavy atom. The molecule has 1 aromatic carbocycles. The summed E-state index contributed by atoms with van der Waals surface area (Å²) in [6.07, 6.45) is 5.69. The number of ether oxygens (including phenoxy) is 1. The van der Waals surface area contributed by atoms with E-state index in [1.54, 1.807) is 9.80 Å². The van der Waals surface area contributed by atoms with Crippen LogP contribution in [0.15, 0.2) is 36.4 Å². The van der Waals surface area contributed by atoms with Crippen molar-refractivity contribution in [3.8, 4) is 0 Å². The van der Waals surface area contributed by atoms with Gasteiger partial charge in [-0.15, -0.1) is 0 Å². The fraction of sp³-hybridized carbons (Fsp3) is 0.571. The number of benzene rings is 1. The number of thiocarbonyl (C=S) groups is 1. The number of hydrogen-bond acceptors (Lipinski definition) is 2. The third kappa shape index (κ3) is 7.22. The molecule has 5 nitrogen and oxygen atoms in total. The summed E-state index contributed by atoms with van der Waals surface area (Å²) in [6, 6.07) is 10.5. The lowest BCUT2D eigenvalue weighted by Gasteiger charge is -2.33. The third-order valence-corrected chi connectivity index (χ3v) is 5.86. The van der Waals surface area contributed by atoms with Gasteiger partial charge in [-0.2, -0.15) is 0 Å². The number of rotatable bonds is 7. The molecule has 3 rings (SSSR count). The second-order valence-corrected chi connectivity index (χ2v) is 7.84. The molecule has 2 saturated heterocycles. The molecule has 0 bridgehead atoms. The van der Waals surface area contributed by atoms with Crippen LogP contribution in [0.4, 0.5) is 0 Å². The van der Waals surface area contributed by atoms with E-state index in [1.165, 1.54) is 18.5 Å². The molecule has 6 heteroatoms. The highest BCUT2D eigenvalue weighted by Crippen LogP contribution is 1.99. The maximum atomic E-state index is 5.60. The summed E-state index contributed by atoms with van der Waals surface area (Å²) in [5.74, 6) is 0. The quantitative estimate of drug-likeness (QED) is 0.416. The summed E-state index contributed by atoms with van der Waals surface area (Å²) < 4.78 is 5.41. The Morgan fingerprint density at radius 2 is 1.81 bits per heavy atom. The van der Waals surface area contributed by atoms with E-state index in [2.05, 4.69) is 52.7 Å². The van der Waals surface area contributed by atoms with Gasteiger partial charge in [0.1, 0.15) is 13.1 Å². The maximum Gasteiger partial charge on any atom is 0.169 e. The van der Waals surface area contributed by atoms with Gasteiger partial charge in [-0.3, -0.25) is 0 Å². The molecular formula is C21H34N4OS+2. The van der Waals surface area contributed by atoms with E-state index in [-0.39, 0.29) is 0 Å². The van der Waals surface area contributed by atoms with Crippen LogP contribution in [0.2, 0.25) is 0 Å². The molecule has 2 aliphatic heterocycles. The van der Waals surface area contributed by atoms with Crippen LogP contribution < -0.4 is 15.1 Å². The molecule has 2 fully saturated rings. The van der Waals surface area contributed by atoms with Crippen molar-refractivity contribution in [2.24, 2.45) is 0 Å². The normalized spacial score (nSPS) is 19.5. The van der Waals surface area contributed by atoms with Gasteiger partial charge in [-0.25, -0.2) is 0 Å². The maximum absolute atomic E-state index is 5.60. The lowest BCUT2D eigenvalue weighted by molar-refractivity contribution is -0.908. The van der Waals surface area contributed by atoms with Crippen LogP contribution >= 0.6 is 12.2 Å². The largest absolute Gasteiger partial charge is 0.370 e. The number of quaternary nitrogens is 2. The first-order valence-electron chi connectivity index (χ1n) is 10.3. The molecule has 0 amide bonds. The van der Waals surface area contributed by atoms with Gasteiger partial charge < -0.3 is 24.8 Å². The predicted octanol–water partition coefficient (Wildman–Crippen LogP) is -0.920. The van der Waals surface area contributed by atoms with Gasteiger partial charge in [0.2, 0.25) is 0 Å². The summed E-state index contributed by atoms with van der Waals surface area (Å²) in [6.45, 7) is 11.8. The van der Waals surface area contributed by atoms with Crippen molar-refractivity contribution in [3.63, 3.8) is 0 Å². The molecule has 0 atom stereocenters. The Morgan fingerprint density at radius 1 is 1.07 bits per heavy atom. The SMILES string of the molecule is S=C(NCCC[NH+]1CCOCC1)N1CC[NH+](C/C=C/c2ccccc2)CC1. The minimum absolute atomic E-state index is 0.911. The van der Waals surface area contributed by atoms with Gasteiger partial charge in [-0.05, 0) is 23.9 Å². The first-order valence-corrected chi connectivity index (χ1v) is 10.7. The summed E-state index contributed by atoms with van der Waals surface area (Å²) in [4.78, 5) is 5.63. The van der Waals surface area contributed by atoms with Crippen LogP contribution in [0.1, 0.15) is 12.0 Å². The highest BCUT2D eigenvalue weighted by molar-refractivity contribution is 7.80. The van der Waals surface area contributed by atoms with Crippen molar-refractivity contribution in [1.29, 1.82) is 0 Å². The molecular weight excluding hydrogens is 356 g/mol. The first-order chi connectivity index (χ1) is 13.3. The molecule has 3 N–H and O–H groups in total. The lowest BCUT2D eigenvalue weighted by Crippen LogP contribution is -3.14. The summed E-state index contributed by atoms with van der Waals surface area (Å²) in [7, 11) is 0. The minimum atomic E-state index is 0.911. The molecule has 0 saturated carbocycles. The van der Waals surface area contributed by atoms with Gasteiger partial charge in [-0.1, -0.05) is 36.4 Å². The molecule has 2 heterocycles. The Bertz CT molecular complexity index is 581. The van der Waals surface area contributed by atoms with Gasteiger partial charge >= 0.3 is 0 Å². The molecule has 1 aromatic rings. The van der Waals surface area contributed by atoms with E-state index in [4.69, 9.17) is 17.0 Å². The fourth-order valence-corrected chi connectivity index (χ4v) is 4.00. The number of piperazine rings is 1. The van der Waals surface area contributed by atoms with E-state index >= 15 is 0 Å². The molecule has 2 aliphatic rings. The summed E-state index contributed by atoms with van der Waals surface area (Å²) in [5.41, 5.74) is 1.28. The molecule has 148 valence electrons. The molecule has 0 spiro atoms. The molecule has 0 unspecified atom stereocenters. The Hall–Kier alpha value is -1.47. The first kappa shape index (κ1) is 20.3. The van der Waals surface area contributed by atoms with Crippen molar-refractivity contribution in [1.82, 2.24) is 10.2 Å². The average Bonchev–Trinajstić information content (AvgIpc) is 2.73. The number of nitrogens with zero attached hydrogens (tertiary/aromatic N) is 1. The minimum Gasteiger partial charge on any atom is -0.370 e. The van der Waals surface area contributed by atoms with E-state index in [1.807, 2.05) is 0 Å². The standard InChI is InChI=1S/C21H32N4OS/c27-21(22-9-5-11-24-16-18-26-19-17-24)25-14-12-23(13-15-25)10-4-8-20-6-2-1-3-7-20/h1-4,6-8H,5,9-19H2,(H,22,27)/p+2/b8-4+. The van der Waals surface area contributed by atoms with E-state index in [0.717, 1.165) is 70.7 Å². The molecule has 0 aliphatic carbocycles. The fourth-order valence-electron chi connectivity index (χ4n) is 3.71. The third-order valence-electron chi connectivity index (χ3n) is 5.46. The topological polar surface area (TPSA) is 33.4 Å². The summed E-state index contributed by atoms with van der Waals surface area (Å²) in [5, 5.41) is 4.40. The van der Waals surface area contributed by atoms with E-state index in [0.29, 0.717) is 0 Å². The second kappa shape index (κ2) is 11.4. The van der Waals surface area contributed by atoms with Crippen LogP contribution in [-0.2, 0) is 4.74 Å². The van der Waals surface area contributed by atoms with Crippen molar-refractivity contribution in [2.75, 3.05) is 72.1 Å². The van der Waals surface area contributed by atoms with Crippen molar-refractivity contribution in [2.45, 2.75) is 6.42 Å². The van der Waals surface area contributed by atoms with Crippen LogP contribution in [0.25, 0.3) is 6.08 Å². The van der Waals surface area contributed by atoms with Crippen LogP contribution in [0.5, 0.6) is 0 Å². The highest BCUT2D eigenvalue weighted by atomic mass is 32.1. The van der Waals surface area contributed by atoms with Crippen molar-refractivity contribution >= 4 is 23.4 Å². The number of morpholine rings is 1. The lowest BCUT2D eigenvalue weighted by atomic mass is 10.2. The molecule has 0 radical (unpaired) electrons. The van der Waals surface area contributed by atoms with Gasteiger partial charge in [0.05, 0.1) is 52.5 Å². The van der Waals surface area contributed by atoms with Crippen molar-refractivity contribution in [3.05, 3.63) is 42.0 Å². The van der Waals surface area contributed by atoms with Crippen LogP contribution in [-0.4, -0.2) is 82.1 Å². The second-order valence-electron chi connectivity index (χ2n) is 7.45. The van der Waals surface area contributed by atoms with E-state index < -0.39 is 0 Å². The molecule has 27 heavy (non-hydrogen) atoms. The van der Waals surface area contributed by atoms with Gasteiger partial charge in [0, 0.05) is 13.0 Å². The average molecular weight is 391 g/mol. The zero-order valence-electron chi connectivity index (χ0n) is 16.3. The number of nitrogens with one attached hydrogen (secondary N) is 3. The number of hydrogen-bond donors (Lipinski definition) is 3. The van der Waals surface area contributed by atoms with Gasteiger partial charge in [0.15, 0.2) is 5.11 Å². The van der Waals surface area contributed by atoms with Crippen molar-refractivity contribution < 1.29 is 14.5 Å². The van der Waals surface area contributed by atoms with Gasteiger partial charge in [0.25, 0.3) is 0 Å². The Labute approximate surface area is 169 Å². The summed E-state index contributed by atoms with van der Waals surface area (Å²) >= 11 is 5.60. The Kier molecular flexibility index (Phi) is 8.55. The Balaban J connectivity index is 1.27. The monoisotopic (exact) mass is 390 g/mol. The highest BCUT2D eigenvalue weighted by Gasteiger charge is 2.20. The molecule has 0 aromatic heterocycles. The predicted molar refractivity (Wildman–Crippen MR) is 114 cm³/mol. The van der Waals surface area contributed by atoms with Crippen LogP contribution in [0, 0.1) is 0 Å². The zero-order chi connectivity index (χ0) is 18.7.